The molecule has 7 heteroatoms. The normalized spacial score (nSPS) is 11.3. The number of nitrogens with zero attached hydrogens (tertiary/aromatic N) is 3. The summed E-state index contributed by atoms with van der Waals surface area (Å²) in [6, 6.07) is 4.37. The Kier molecular flexibility index (Phi) is 5.41. The first-order valence-corrected chi connectivity index (χ1v) is 8.75. The third-order valence-corrected chi connectivity index (χ3v) is 4.65. The molecule has 1 N–H and O–H groups in total. The molecule has 0 saturated heterocycles. The number of carbonyl (C=O) groups is 1. The quantitative estimate of drug-likeness (QED) is 0.828. The molecule has 2 aromatic heterocycles. The van der Waals surface area contributed by atoms with Crippen molar-refractivity contribution >= 4 is 29.0 Å². The first kappa shape index (κ1) is 16.0. The molecule has 0 fully saturated rings. The monoisotopic (exact) mass is 324 g/mol. The zero-order valence-corrected chi connectivity index (χ0v) is 14.3. The van der Waals surface area contributed by atoms with E-state index >= 15 is 0 Å². The molecule has 0 unspecified atom stereocenters. The fourth-order valence-corrected chi connectivity index (χ4v) is 3.54. The molecule has 0 aliphatic rings. The maximum Gasteiger partial charge on any atom is 0.233 e. The van der Waals surface area contributed by atoms with Gasteiger partial charge in [-0.3, -0.25) is 9.89 Å². The number of hydrogen-bond donors (Lipinski definition) is 1. The minimum absolute atomic E-state index is 0.118. The predicted molar refractivity (Wildman–Crippen MR) is 87.5 cm³/mol. The Bertz CT molecular complexity index is 570. The lowest BCUT2D eigenvalue weighted by molar-refractivity contribution is -0.131. The Hall–Kier alpha value is -1.34. The summed E-state index contributed by atoms with van der Waals surface area (Å²) in [4.78, 5) is 19.6. The molecule has 0 bridgehead atoms. The van der Waals surface area contributed by atoms with E-state index in [4.69, 9.17) is 0 Å². The lowest BCUT2D eigenvalue weighted by Gasteiger charge is -2.30. The van der Waals surface area contributed by atoms with E-state index in [1.807, 2.05) is 50.1 Å². The maximum absolute atomic E-state index is 12.3. The van der Waals surface area contributed by atoms with Gasteiger partial charge in [0.15, 0.2) is 5.82 Å². The highest BCUT2D eigenvalue weighted by atomic mass is 32.2. The molecule has 2 rings (SSSR count). The predicted octanol–water partition coefficient (Wildman–Crippen LogP) is 3.27. The van der Waals surface area contributed by atoms with Gasteiger partial charge in [-0.25, -0.2) is 4.98 Å². The van der Waals surface area contributed by atoms with Crippen LogP contribution >= 0.6 is 23.1 Å². The summed E-state index contributed by atoms with van der Waals surface area (Å²) in [5, 5.41) is 9.67. The minimum Gasteiger partial charge on any atom is -0.337 e. The maximum atomic E-state index is 12.3. The summed E-state index contributed by atoms with van der Waals surface area (Å²) in [5.74, 6) is 1.23. The first-order valence-electron chi connectivity index (χ1n) is 6.89. The van der Waals surface area contributed by atoms with E-state index in [2.05, 4.69) is 15.2 Å². The number of nitrogens with one attached hydrogen (secondary N) is 1. The molecule has 21 heavy (non-hydrogen) atoms. The van der Waals surface area contributed by atoms with Gasteiger partial charge in [-0.2, -0.15) is 0 Å². The van der Waals surface area contributed by atoms with E-state index in [0.29, 0.717) is 10.9 Å². The Morgan fingerprint density at radius 2 is 2.10 bits per heavy atom. The van der Waals surface area contributed by atoms with Gasteiger partial charge in [-0.05, 0) is 39.1 Å². The summed E-state index contributed by atoms with van der Waals surface area (Å²) < 4.78 is 0. The van der Waals surface area contributed by atoms with Gasteiger partial charge in [-0.15, -0.1) is 16.4 Å². The van der Waals surface area contributed by atoms with E-state index < -0.39 is 0 Å². The summed E-state index contributed by atoms with van der Waals surface area (Å²) >= 11 is 2.98. The Morgan fingerprint density at radius 3 is 2.67 bits per heavy atom. The number of amides is 1. The Morgan fingerprint density at radius 1 is 1.38 bits per heavy atom. The van der Waals surface area contributed by atoms with E-state index in [-0.39, 0.29) is 18.0 Å². The van der Waals surface area contributed by atoms with Gasteiger partial charge in [0.2, 0.25) is 11.1 Å². The number of aromatic nitrogens is 3. The number of hydrogen-bond acceptors (Lipinski definition) is 5. The molecule has 0 spiro atoms. The number of carbonyl (C=O) groups excluding carboxylic acids is 1. The van der Waals surface area contributed by atoms with Crippen molar-refractivity contribution in [2.75, 3.05) is 5.75 Å². The fourth-order valence-electron chi connectivity index (χ4n) is 2.21. The van der Waals surface area contributed by atoms with Crippen LogP contribution in [0.3, 0.4) is 0 Å². The van der Waals surface area contributed by atoms with Crippen LogP contribution in [0.5, 0.6) is 0 Å². The van der Waals surface area contributed by atoms with Gasteiger partial charge in [0.25, 0.3) is 0 Å². The summed E-state index contributed by atoms with van der Waals surface area (Å²) in [7, 11) is 0. The van der Waals surface area contributed by atoms with Crippen molar-refractivity contribution < 1.29 is 4.79 Å². The molecule has 0 aliphatic carbocycles. The number of rotatable bonds is 6. The molecular weight excluding hydrogens is 304 g/mol. The molecule has 0 aliphatic heterocycles. The summed E-state index contributed by atoms with van der Waals surface area (Å²) in [6.45, 7) is 8.13. The van der Waals surface area contributed by atoms with Gasteiger partial charge in [-0.1, -0.05) is 17.8 Å². The highest BCUT2D eigenvalue weighted by molar-refractivity contribution is 7.99. The fraction of sp³-hybridized carbons (Fsp3) is 0.500. The van der Waals surface area contributed by atoms with E-state index in [1.54, 1.807) is 11.3 Å². The van der Waals surface area contributed by atoms with Gasteiger partial charge < -0.3 is 4.90 Å². The van der Waals surface area contributed by atoms with Crippen molar-refractivity contribution in [3.8, 4) is 10.7 Å². The lowest BCUT2D eigenvalue weighted by Crippen LogP contribution is -2.43. The smallest absolute Gasteiger partial charge is 0.233 e. The third-order valence-electron chi connectivity index (χ3n) is 2.94. The van der Waals surface area contributed by atoms with Crippen molar-refractivity contribution in [1.29, 1.82) is 0 Å². The number of thioether (sulfide) groups is 1. The van der Waals surface area contributed by atoms with E-state index in [0.717, 1.165) is 10.7 Å². The van der Waals surface area contributed by atoms with Crippen molar-refractivity contribution in [1.82, 2.24) is 20.1 Å². The van der Waals surface area contributed by atoms with Crippen LogP contribution in [-0.4, -0.2) is 43.8 Å². The van der Waals surface area contributed by atoms with E-state index in [1.165, 1.54) is 11.8 Å². The van der Waals surface area contributed by atoms with Crippen molar-refractivity contribution in [2.45, 2.75) is 44.9 Å². The Balaban J connectivity index is 1.95. The van der Waals surface area contributed by atoms with Crippen molar-refractivity contribution in [3.63, 3.8) is 0 Å². The van der Waals surface area contributed by atoms with Crippen LogP contribution in [0.1, 0.15) is 27.7 Å². The molecule has 0 aromatic carbocycles. The van der Waals surface area contributed by atoms with Crippen LogP contribution in [0.25, 0.3) is 10.7 Å². The molecule has 0 atom stereocenters. The van der Waals surface area contributed by atoms with E-state index in [9.17, 15) is 4.79 Å². The average Bonchev–Trinajstić information content (AvgIpc) is 3.06. The highest BCUT2D eigenvalue weighted by Gasteiger charge is 2.20. The van der Waals surface area contributed by atoms with Crippen LogP contribution in [0, 0.1) is 0 Å². The lowest BCUT2D eigenvalue weighted by atomic mass is 10.2. The van der Waals surface area contributed by atoms with Gasteiger partial charge >= 0.3 is 0 Å². The third kappa shape index (κ3) is 4.07. The molecular formula is C14H20N4OS2. The molecule has 0 saturated carbocycles. The zero-order valence-electron chi connectivity index (χ0n) is 12.7. The zero-order chi connectivity index (χ0) is 15.4. The Labute approximate surface area is 133 Å². The van der Waals surface area contributed by atoms with Gasteiger partial charge in [0.1, 0.15) is 0 Å². The molecule has 5 nitrogen and oxygen atoms in total. The van der Waals surface area contributed by atoms with Crippen LogP contribution < -0.4 is 0 Å². The summed E-state index contributed by atoms with van der Waals surface area (Å²) in [5.41, 5.74) is 0. The standard InChI is InChI=1S/C14H20N4OS2/c1-9(2)18(10(3)4)12(19)8-21-14-15-13(16-17-14)11-6-5-7-20-11/h5-7,9-10H,8H2,1-4H3,(H,15,16,17). The average molecular weight is 324 g/mol. The van der Waals surface area contributed by atoms with Crippen molar-refractivity contribution in [2.24, 2.45) is 0 Å². The highest BCUT2D eigenvalue weighted by Crippen LogP contribution is 2.23. The van der Waals surface area contributed by atoms with Crippen LogP contribution in [0.2, 0.25) is 0 Å². The summed E-state index contributed by atoms with van der Waals surface area (Å²) in [6.07, 6.45) is 0. The number of aromatic amines is 1. The number of thiophene rings is 1. The number of H-pyrrole nitrogens is 1. The largest absolute Gasteiger partial charge is 0.337 e. The topological polar surface area (TPSA) is 61.9 Å². The minimum atomic E-state index is 0.118. The molecule has 0 radical (unpaired) electrons. The van der Waals surface area contributed by atoms with Crippen LogP contribution in [-0.2, 0) is 4.79 Å². The molecule has 2 heterocycles. The van der Waals surface area contributed by atoms with Crippen LogP contribution in [0.15, 0.2) is 22.7 Å². The molecule has 1 amide bonds. The molecule has 114 valence electrons. The second-order valence-corrected chi connectivity index (χ2v) is 7.11. The second-order valence-electron chi connectivity index (χ2n) is 5.22. The molecule has 2 aromatic rings. The van der Waals surface area contributed by atoms with Crippen molar-refractivity contribution in [3.05, 3.63) is 17.5 Å². The second kappa shape index (κ2) is 7.09. The first-order chi connectivity index (χ1) is 9.99. The van der Waals surface area contributed by atoms with Gasteiger partial charge in [0.05, 0.1) is 10.6 Å². The SMILES string of the molecule is CC(C)N(C(=O)CSc1n[nH]c(-c2cccs2)n1)C(C)C. The van der Waals surface area contributed by atoms with Gasteiger partial charge in [0, 0.05) is 12.1 Å². The van der Waals surface area contributed by atoms with Crippen LogP contribution in [0.4, 0.5) is 0 Å².